The van der Waals surface area contributed by atoms with Gasteiger partial charge in [-0.1, -0.05) is 36.8 Å². The van der Waals surface area contributed by atoms with Crippen LogP contribution in [-0.2, 0) is 16.1 Å². The first-order valence-electron chi connectivity index (χ1n) is 7.50. The summed E-state index contributed by atoms with van der Waals surface area (Å²) < 4.78 is 0. The molecule has 21 heavy (non-hydrogen) atoms. The van der Waals surface area contributed by atoms with Crippen LogP contribution in [0, 0.1) is 6.92 Å². The Balaban J connectivity index is 2.87. The largest absolute Gasteiger partial charge is 0.352 e. The third-order valence-corrected chi connectivity index (χ3v) is 3.37. The first-order chi connectivity index (χ1) is 9.85. The van der Waals surface area contributed by atoms with E-state index in [1.807, 2.05) is 52.0 Å². The van der Waals surface area contributed by atoms with Crippen LogP contribution < -0.4 is 5.32 Å². The molecule has 4 nitrogen and oxygen atoms in total. The first-order valence-corrected chi connectivity index (χ1v) is 7.50. The Morgan fingerprint density at radius 1 is 1.14 bits per heavy atom. The molecule has 4 heteroatoms. The van der Waals surface area contributed by atoms with E-state index >= 15 is 0 Å². The molecular formula is C17H26N2O2. The molecule has 0 saturated carbocycles. The lowest BCUT2D eigenvalue weighted by Crippen LogP contribution is -2.48. The molecule has 0 heterocycles. The summed E-state index contributed by atoms with van der Waals surface area (Å²) in [6.07, 6.45) is 0.394. The van der Waals surface area contributed by atoms with Gasteiger partial charge >= 0.3 is 0 Å². The van der Waals surface area contributed by atoms with Gasteiger partial charge in [0.05, 0.1) is 0 Å². The average Bonchev–Trinajstić information content (AvgIpc) is 2.44. The van der Waals surface area contributed by atoms with Crippen molar-refractivity contribution in [3.05, 3.63) is 35.4 Å². The zero-order valence-corrected chi connectivity index (χ0v) is 13.6. The van der Waals surface area contributed by atoms with E-state index in [1.165, 1.54) is 5.56 Å². The number of amides is 2. The summed E-state index contributed by atoms with van der Waals surface area (Å²) in [7, 11) is 0. The highest BCUT2D eigenvalue weighted by Gasteiger charge is 2.25. The molecule has 0 fully saturated rings. The standard InChI is InChI=1S/C17H26N2O2/c1-6-16(20)19(14(5)17(21)18-12(2)3)11-15-9-7-13(4)8-10-15/h7-10,12,14H,6,11H2,1-5H3,(H,18,21)/t14-/m0/s1. The summed E-state index contributed by atoms with van der Waals surface area (Å²) in [5.41, 5.74) is 2.21. The summed E-state index contributed by atoms with van der Waals surface area (Å²) in [5.74, 6) is -0.124. The zero-order chi connectivity index (χ0) is 16.0. The molecule has 0 aliphatic heterocycles. The van der Waals surface area contributed by atoms with Gasteiger partial charge in [-0.05, 0) is 33.3 Å². The third-order valence-electron chi connectivity index (χ3n) is 3.37. The molecule has 0 unspecified atom stereocenters. The molecule has 1 atom stereocenters. The number of aryl methyl sites for hydroxylation is 1. The predicted molar refractivity (Wildman–Crippen MR) is 84.8 cm³/mol. The Kier molecular flexibility index (Phi) is 6.40. The minimum Gasteiger partial charge on any atom is -0.352 e. The topological polar surface area (TPSA) is 49.4 Å². The Labute approximate surface area is 127 Å². The smallest absolute Gasteiger partial charge is 0.242 e. The lowest BCUT2D eigenvalue weighted by atomic mass is 10.1. The fourth-order valence-electron chi connectivity index (χ4n) is 2.08. The van der Waals surface area contributed by atoms with Gasteiger partial charge in [0.2, 0.25) is 11.8 Å². The number of hydrogen-bond donors (Lipinski definition) is 1. The fraction of sp³-hybridized carbons (Fsp3) is 0.529. The Hall–Kier alpha value is -1.84. The second-order valence-corrected chi connectivity index (χ2v) is 5.70. The second kappa shape index (κ2) is 7.81. The molecule has 0 bridgehead atoms. The van der Waals surface area contributed by atoms with Crippen LogP contribution in [0.5, 0.6) is 0 Å². The maximum atomic E-state index is 12.2. The molecular weight excluding hydrogens is 264 g/mol. The highest BCUT2D eigenvalue weighted by molar-refractivity contribution is 5.87. The number of benzene rings is 1. The molecule has 0 saturated heterocycles. The van der Waals surface area contributed by atoms with E-state index in [0.29, 0.717) is 13.0 Å². The van der Waals surface area contributed by atoms with Crippen LogP contribution in [0.4, 0.5) is 0 Å². The van der Waals surface area contributed by atoms with Crippen LogP contribution in [0.2, 0.25) is 0 Å². The van der Waals surface area contributed by atoms with E-state index < -0.39 is 6.04 Å². The summed E-state index contributed by atoms with van der Waals surface area (Å²) in [5, 5.41) is 2.86. The van der Waals surface area contributed by atoms with E-state index in [0.717, 1.165) is 5.56 Å². The van der Waals surface area contributed by atoms with Gasteiger partial charge in [-0.2, -0.15) is 0 Å². The van der Waals surface area contributed by atoms with Gasteiger partial charge in [-0.3, -0.25) is 9.59 Å². The highest BCUT2D eigenvalue weighted by atomic mass is 16.2. The van der Waals surface area contributed by atoms with Gasteiger partial charge in [0, 0.05) is 19.0 Å². The van der Waals surface area contributed by atoms with Gasteiger partial charge in [0.25, 0.3) is 0 Å². The number of nitrogens with zero attached hydrogens (tertiary/aromatic N) is 1. The second-order valence-electron chi connectivity index (χ2n) is 5.70. The third kappa shape index (κ3) is 5.21. The number of hydrogen-bond acceptors (Lipinski definition) is 2. The average molecular weight is 290 g/mol. The normalized spacial score (nSPS) is 12.1. The van der Waals surface area contributed by atoms with Crippen LogP contribution in [0.1, 0.15) is 45.2 Å². The maximum Gasteiger partial charge on any atom is 0.242 e. The number of carbonyl (C=O) groups excluding carboxylic acids is 2. The highest BCUT2D eigenvalue weighted by Crippen LogP contribution is 2.12. The zero-order valence-electron chi connectivity index (χ0n) is 13.6. The van der Waals surface area contributed by atoms with E-state index in [9.17, 15) is 9.59 Å². The molecule has 1 rings (SSSR count). The summed E-state index contributed by atoms with van der Waals surface area (Å²) in [4.78, 5) is 26.0. The molecule has 1 aromatic carbocycles. The summed E-state index contributed by atoms with van der Waals surface area (Å²) in [6, 6.07) is 7.63. The van der Waals surface area contributed by atoms with Crippen molar-refractivity contribution in [2.24, 2.45) is 0 Å². The van der Waals surface area contributed by atoms with Gasteiger partial charge in [-0.25, -0.2) is 0 Å². The van der Waals surface area contributed by atoms with E-state index in [-0.39, 0.29) is 17.9 Å². The Bertz CT molecular complexity index is 480. The van der Waals surface area contributed by atoms with Gasteiger partial charge in [0.15, 0.2) is 0 Å². The van der Waals surface area contributed by atoms with Crippen molar-refractivity contribution in [1.82, 2.24) is 10.2 Å². The van der Waals surface area contributed by atoms with E-state index in [2.05, 4.69) is 5.32 Å². The summed E-state index contributed by atoms with van der Waals surface area (Å²) >= 11 is 0. The van der Waals surface area contributed by atoms with Crippen molar-refractivity contribution in [2.75, 3.05) is 0 Å². The molecule has 1 aromatic rings. The SMILES string of the molecule is CCC(=O)N(Cc1ccc(C)cc1)[C@@H](C)C(=O)NC(C)C. The van der Waals surface area contributed by atoms with Crippen molar-refractivity contribution >= 4 is 11.8 Å². The molecule has 1 N–H and O–H groups in total. The fourth-order valence-corrected chi connectivity index (χ4v) is 2.08. The summed E-state index contributed by atoms with van der Waals surface area (Å²) in [6.45, 7) is 9.90. The molecule has 0 aliphatic rings. The van der Waals surface area contributed by atoms with Gasteiger partial charge < -0.3 is 10.2 Å². The number of rotatable bonds is 6. The van der Waals surface area contributed by atoms with Crippen LogP contribution in [-0.4, -0.2) is 28.8 Å². The number of nitrogens with one attached hydrogen (secondary N) is 1. The van der Waals surface area contributed by atoms with Crippen molar-refractivity contribution in [1.29, 1.82) is 0 Å². The molecule has 0 radical (unpaired) electrons. The number of carbonyl (C=O) groups is 2. The van der Waals surface area contributed by atoms with Crippen LogP contribution in [0.15, 0.2) is 24.3 Å². The molecule has 0 spiro atoms. The maximum absolute atomic E-state index is 12.2. The van der Waals surface area contributed by atoms with Gasteiger partial charge in [-0.15, -0.1) is 0 Å². The van der Waals surface area contributed by atoms with E-state index in [1.54, 1.807) is 11.8 Å². The predicted octanol–water partition coefficient (Wildman–Crippen LogP) is 2.65. The minimum absolute atomic E-state index is 0.0121. The lowest BCUT2D eigenvalue weighted by molar-refractivity contribution is -0.140. The van der Waals surface area contributed by atoms with Crippen molar-refractivity contribution in [3.63, 3.8) is 0 Å². The van der Waals surface area contributed by atoms with Gasteiger partial charge in [0.1, 0.15) is 6.04 Å². The van der Waals surface area contributed by atoms with Crippen LogP contribution in [0.25, 0.3) is 0 Å². The molecule has 0 aliphatic carbocycles. The quantitative estimate of drug-likeness (QED) is 0.875. The van der Waals surface area contributed by atoms with Crippen molar-refractivity contribution in [2.45, 2.75) is 59.7 Å². The van der Waals surface area contributed by atoms with E-state index in [4.69, 9.17) is 0 Å². The molecule has 0 aromatic heterocycles. The van der Waals surface area contributed by atoms with Crippen molar-refractivity contribution < 1.29 is 9.59 Å². The molecule has 2 amide bonds. The monoisotopic (exact) mass is 290 g/mol. The molecule has 116 valence electrons. The first kappa shape index (κ1) is 17.2. The van der Waals surface area contributed by atoms with Crippen LogP contribution in [0.3, 0.4) is 0 Å². The lowest BCUT2D eigenvalue weighted by Gasteiger charge is -2.29. The minimum atomic E-state index is -0.471. The van der Waals surface area contributed by atoms with Crippen LogP contribution >= 0.6 is 0 Å². The Morgan fingerprint density at radius 3 is 2.19 bits per heavy atom. The Morgan fingerprint density at radius 2 is 1.71 bits per heavy atom. The van der Waals surface area contributed by atoms with Crippen molar-refractivity contribution in [3.8, 4) is 0 Å².